The number of aliphatic imine (C=N–C) groups is 2. The molecule has 5 heterocycles. The van der Waals surface area contributed by atoms with E-state index in [4.69, 9.17) is 20.0 Å². The third-order valence-electron chi connectivity index (χ3n) is 8.63. The number of nitrogens with zero attached hydrogens (tertiary/aromatic N) is 6. The first-order valence-electron chi connectivity index (χ1n) is 15.8. The molecule has 9 rings (SSSR count). The van der Waals surface area contributed by atoms with Crippen molar-refractivity contribution in [2.24, 2.45) is 9.98 Å². The summed E-state index contributed by atoms with van der Waals surface area (Å²) in [5, 5.41) is 2.01. The van der Waals surface area contributed by atoms with E-state index in [0.29, 0.717) is 11.4 Å². The minimum atomic E-state index is 0.714. The Kier molecular flexibility index (Phi) is 6.68. The second kappa shape index (κ2) is 11.6. The van der Waals surface area contributed by atoms with Crippen molar-refractivity contribution in [1.29, 1.82) is 0 Å². The average molecular weight is 615 g/mol. The fourth-order valence-corrected chi connectivity index (χ4v) is 6.19. The van der Waals surface area contributed by atoms with Crippen LogP contribution in [0.5, 0.6) is 0 Å². The van der Waals surface area contributed by atoms with Crippen molar-refractivity contribution in [1.82, 2.24) is 19.9 Å². The number of aromatic nitrogens is 4. The van der Waals surface area contributed by atoms with Crippen LogP contribution in [0.15, 0.2) is 168 Å². The van der Waals surface area contributed by atoms with E-state index in [0.717, 1.165) is 78.0 Å². The lowest BCUT2D eigenvalue weighted by molar-refractivity contribution is 1.27. The van der Waals surface area contributed by atoms with Gasteiger partial charge < -0.3 is 0 Å². The summed E-state index contributed by atoms with van der Waals surface area (Å²) < 4.78 is 0. The van der Waals surface area contributed by atoms with Gasteiger partial charge in [0.1, 0.15) is 11.4 Å². The fourth-order valence-electron chi connectivity index (χ4n) is 6.19. The molecular weight excluding hydrogens is 589 g/mol. The van der Waals surface area contributed by atoms with Crippen molar-refractivity contribution >= 4 is 44.6 Å². The standard InChI is InChI=1S/C42H26N6/c1-3-11-35-31(7-1)23-37-41(45-35)39(29-17-13-27(14-18-29)33-9-5-21-43-25-33)48-38-24-32-8-2-4-12-36(32)46-42(38)40(47-37)30-19-15-28(16-20-30)34-10-6-22-44-26-34/h1-26H. The molecule has 0 amide bonds. The molecule has 6 nitrogen and oxygen atoms in total. The van der Waals surface area contributed by atoms with E-state index in [9.17, 15) is 0 Å². The van der Waals surface area contributed by atoms with Crippen LogP contribution < -0.4 is 0 Å². The number of rotatable bonds is 4. The van der Waals surface area contributed by atoms with Crippen molar-refractivity contribution in [2.45, 2.75) is 0 Å². The molecule has 0 spiro atoms. The molecule has 0 bridgehead atoms. The van der Waals surface area contributed by atoms with Crippen molar-refractivity contribution in [3.8, 4) is 22.3 Å². The molecular formula is C42H26N6. The molecule has 4 aromatic heterocycles. The Balaban J connectivity index is 1.29. The van der Waals surface area contributed by atoms with Gasteiger partial charge in [-0.1, -0.05) is 97.1 Å². The van der Waals surface area contributed by atoms with Crippen LogP contribution in [0.4, 0.5) is 11.4 Å². The highest BCUT2D eigenvalue weighted by Crippen LogP contribution is 2.36. The third-order valence-corrected chi connectivity index (χ3v) is 8.63. The van der Waals surface area contributed by atoms with Gasteiger partial charge in [-0.2, -0.15) is 0 Å². The SMILES string of the molecule is c1cncc(-c2ccc(C3=Nc4cc5ccccc5nc4C(c4ccc(-c5cccnc5)cc4)=Nc4cc5ccccc5nc43)cc2)c1. The molecule has 4 aromatic carbocycles. The summed E-state index contributed by atoms with van der Waals surface area (Å²) in [5.41, 5.74) is 12.3. The lowest BCUT2D eigenvalue weighted by Crippen LogP contribution is -2.13. The van der Waals surface area contributed by atoms with E-state index in [1.165, 1.54) is 0 Å². The van der Waals surface area contributed by atoms with Crippen LogP contribution in [-0.2, 0) is 0 Å². The minimum absolute atomic E-state index is 0.714. The van der Waals surface area contributed by atoms with Crippen molar-refractivity contribution < 1.29 is 0 Å². The molecule has 6 heteroatoms. The van der Waals surface area contributed by atoms with Crippen molar-refractivity contribution in [3.05, 3.63) is 181 Å². The first-order chi connectivity index (χ1) is 23.8. The van der Waals surface area contributed by atoms with Gasteiger partial charge in [-0.25, -0.2) is 20.0 Å². The highest BCUT2D eigenvalue weighted by Gasteiger charge is 2.24. The summed E-state index contributed by atoms with van der Waals surface area (Å²) in [6.07, 6.45) is 7.32. The van der Waals surface area contributed by atoms with Crippen LogP contribution in [0.25, 0.3) is 44.1 Å². The molecule has 0 radical (unpaired) electrons. The Morgan fingerprint density at radius 3 is 1.19 bits per heavy atom. The molecule has 0 fully saturated rings. The molecule has 0 unspecified atom stereocenters. The van der Waals surface area contributed by atoms with E-state index in [-0.39, 0.29) is 0 Å². The highest BCUT2D eigenvalue weighted by atomic mass is 14.9. The zero-order valence-electron chi connectivity index (χ0n) is 25.7. The van der Waals surface area contributed by atoms with E-state index in [1.54, 1.807) is 12.4 Å². The normalized spacial score (nSPS) is 12.4. The number of para-hydroxylation sites is 2. The Bertz CT molecular complexity index is 2340. The predicted octanol–water partition coefficient (Wildman–Crippen LogP) is 9.56. The van der Waals surface area contributed by atoms with Crippen LogP contribution in [0.2, 0.25) is 0 Å². The molecule has 0 aliphatic carbocycles. The Morgan fingerprint density at radius 2 is 0.771 bits per heavy atom. The van der Waals surface area contributed by atoms with Gasteiger partial charge in [-0.3, -0.25) is 9.97 Å². The van der Waals surface area contributed by atoms with Crippen LogP contribution >= 0.6 is 0 Å². The van der Waals surface area contributed by atoms with Crippen LogP contribution in [0.1, 0.15) is 22.5 Å². The van der Waals surface area contributed by atoms with Crippen LogP contribution in [0.3, 0.4) is 0 Å². The number of hydrogen-bond acceptors (Lipinski definition) is 6. The predicted molar refractivity (Wildman–Crippen MR) is 193 cm³/mol. The second-order valence-electron chi connectivity index (χ2n) is 11.7. The summed E-state index contributed by atoms with van der Waals surface area (Å²) in [6.45, 7) is 0. The number of benzene rings is 4. The zero-order chi connectivity index (χ0) is 31.9. The maximum Gasteiger partial charge on any atom is 0.116 e. The van der Waals surface area contributed by atoms with E-state index in [1.807, 2.05) is 60.9 Å². The molecule has 0 N–H and O–H groups in total. The second-order valence-corrected chi connectivity index (χ2v) is 11.7. The van der Waals surface area contributed by atoms with E-state index in [2.05, 4.69) is 94.9 Å². The summed E-state index contributed by atoms with van der Waals surface area (Å²) in [5.74, 6) is 0. The van der Waals surface area contributed by atoms with Crippen LogP contribution in [0, 0.1) is 0 Å². The third kappa shape index (κ3) is 5.02. The van der Waals surface area contributed by atoms with Crippen molar-refractivity contribution in [3.63, 3.8) is 0 Å². The monoisotopic (exact) mass is 614 g/mol. The maximum atomic E-state index is 5.40. The topological polar surface area (TPSA) is 76.3 Å². The fraction of sp³-hybridized carbons (Fsp3) is 0. The first-order valence-corrected chi connectivity index (χ1v) is 15.8. The summed E-state index contributed by atoms with van der Waals surface area (Å²) in [4.78, 5) is 29.8. The molecule has 224 valence electrons. The van der Waals surface area contributed by atoms with Gasteiger partial charge in [0, 0.05) is 46.7 Å². The van der Waals surface area contributed by atoms with Gasteiger partial charge in [0.05, 0.1) is 33.8 Å². The molecule has 8 aromatic rings. The Morgan fingerprint density at radius 1 is 0.354 bits per heavy atom. The molecule has 0 saturated heterocycles. The van der Waals surface area contributed by atoms with Gasteiger partial charge in [0.2, 0.25) is 0 Å². The molecule has 1 aliphatic rings. The van der Waals surface area contributed by atoms with Gasteiger partial charge in [-0.05, 0) is 58.7 Å². The van der Waals surface area contributed by atoms with Gasteiger partial charge in [0.25, 0.3) is 0 Å². The summed E-state index contributed by atoms with van der Waals surface area (Å²) >= 11 is 0. The van der Waals surface area contributed by atoms with Gasteiger partial charge in [0.15, 0.2) is 0 Å². The minimum Gasteiger partial charge on any atom is -0.264 e. The maximum absolute atomic E-state index is 5.40. The Hall–Kier alpha value is -6.66. The largest absolute Gasteiger partial charge is 0.264 e. The lowest BCUT2D eigenvalue weighted by atomic mass is 9.97. The van der Waals surface area contributed by atoms with Gasteiger partial charge >= 0.3 is 0 Å². The summed E-state index contributed by atoms with van der Waals surface area (Å²) in [7, 11) is 0. The number of pyridine rings is 4. The molecule has 48 heavy (non-hydrogen) atoms. The average Bonchev–Trinajstić information content (AvgIpc) is 3.16. The van der Waals surface area contributed by atoms with Crippen LogP contribution in [-0.4, -0.2) is 31.4 Å². The Labute approximate surface area is 276 Å². The first kappa shape index (κ1) is 27.6. The number of hydrogen-bond donors (Lipinski definition) is 0. The number of fused-ring (bicyclic) bond motifs is 4. The summed E-state index contributed by atoms with van der Waals surface area (Å²) in [6, 6.07) is 45.3. The molecule has 0 atom stereocenters. The molecule has 1 aliphatic heterocycles. The van der Waals surface area contributed by atoms with E-state index < -0.39 is 0 Å². The quantitative estimate of drug-likeness (QED) is 0.198. The molecule has 0 saturated carbocycles. The van der Waals surface area contributed by atoms with Crippen molar-refractivity contribution in [2.75, 3.05) is 0 Å². The highest BCUT2D eigenvalue weighted by molar-refractivity contribution is 6.22. The lowest BCUT2D eigenvalue weighted by Gasteiger charge is -2.18. The van der Waals surface area contributed by atoms with Gasteiger partial charge in [-0.15, -0.1) is 0 Å². The smallest absolute Gasteiger partial charge is 0.116 e. The zero-order valence-corrected chi connectivity index (χ0v) is 25.7. The van der Waals surface area contributed by atoms with E-state index >= 15 is 0 Å².